The second-order valence-corrected chi connectivity index (χ2v) is 7.85. The fourth-order valence-corrected chi connectivity index (χ4v) is 3.74. The van der Waals surface area contributed by atoms with E-state index in [0.717, 1.165) is 34.2 Å². The van der Waals surface area contributed by atoms with Crippen molar-refractivity contribution in [2.75, 3.05) is 6.54 Å². The molecule has 3 nitrogen and oxygen atoms in total. The summed E-state index contributed by atoms with van der Waals surface area (Å²) in [5.74, 6) is -0.382. The number of hydrazine groups is 1. The molecule has 3 rings (SSSR count). The van der Waals surface area contributed by atoms with E-state index in [-0.39, 0.29) is 18.0 Å². The summed E-state index contributed by atoms with van der Waals surface area (Å²) in [6.45, 7) is 5.35. The van der Waals surface area contributed by atoms with Crippen molar-refractivity contribution < 1.29 is 18.0 Å². The minimum Gasteiger partial charge on any atom is -0.287 e. The molecule has 2 aromatic rings. The van der Waals surface area contributed by atoms with Gasteiger partial charge in [0.1, 0.15) is 6.04 Å². The molecule has 1 aliphatic rings. The topological polar surface area (TPSA) is 32.3 Å². The summed E-state index contributed by atoms with van der Waals surface area (Å²) in [7, 11) is 0. The summed E-state index contributed by atoms with van der Waals surface area (Å²) in [5.41, 5.74) is 2.55. The van der Waals surface area contributed by atoms with Gasteiger partial charge in [-0.15, -0.1) is 0 Å². The molecule has 1 saturated heterocycles. The molecule has 0 aliphatic carbocycles. The van der Waals surface area contributed by atoms with Crippen LogP contribution in [0.3, 0.4) is 0 Å². The van der Waals surface area contributed by atoms with Crippen molar-refractivity contribution in [3.8, 4) is 0 Å². The Balaban J connectivity index is 2.15. The summed E-state index contributed by atoms with van der Waals surface area (Å²) in [4.78, 5) is 12.1. The number of carbonyl (C=O) groups is 1. The van der Waals surface area contributed by atoms with Crippen molar-refractivity contribution >= 4 is 16.7 Å². The number of amides is 1. The van der Waals surface area contributed by atoms with Crippen LogP contribution in [0.2, 0.25) is 0 Å². The van der Waals surface area contributed by atoms with E-state index in [0.29, 0.717) is 6.42 Å². The number of hydrogen-bond donors (Lipinski definition) is 1. The average Bonchev–Trinajstić information content (AvgIpc) is 2.85. The first-order valence-corrected chi connectivity index (χ1v) is 9.30. The highest BCUT2D eigenvalue weighted by molar-refractivity contribution is 5.87. The fraction of sp³-hybridized carbons (Fsp3) is 0.476. The summed E-state index contributed by atoms with van der Waals surface area (Å²) in [5, 5.41) is 2.84. The Bertz CT molecular complexity index is 845. The first-order chi connectivity index (χ1) is 12.6. The Morgan fingerprint density at radius 1 is 1.19 bits per heavy atom. The van der Waals surface area contributed by atoms with Crippen LogP contribution in [0.15, 0.2) is 36.4 Å². The van der Waals surface area contributed by atoms with Gasteiger partial charge in [-0.2, -0.15) is 13.2 Å². The molecule has 1 heterocycles. The van der Waals surface area contributed by atoms with Gasteiger partial charge < -0.3 is 0 Å². The van der Waals surface area contributed by atoms with Crippen LogP contribution in [0, 0.1) is 5.41 Å². The summed E-state index contributed by atoms with van der Waals surface area (Å²) in [6.07, 6.45) is -2.22. The summed E-state index contributed by atoms with van der Waals surface area (Å²) in [6, 6.07) is 8.98. The predicted octanol–water partition coefficient (Wildman–Crippen LogP) is 5.16. The van der Waals surface area contributed by atoms with Crippen molar-refractivity contribution in [1.29, 1.82) is 0 Å². The maximum Gasteiger partial charge on any atom is 0.409 e. The van der Waals surface area contributed by atoms with Crippen LogP contribution in [0.25, 0.3) is 10.8 Å². The Morgan fingerprint density at radius 3 is 2.48 bits per heavy atom. The molecule has 0 saturated carbocycles. The molecule has 1 amide bonds. The molecule has 0 radical (unpaired) electrons. The van der Waals surface area contributed by atoms with Gasteiger partial charge in [0.2, 0.25) is 5.91 Å². The third-order valence-corrected chi connectivity index (χ3v) is 5.20. The van der Waals surface area contributed by atoms with Gasteiger partial charge in [-0.25, -0.2) is 5.01 Å². The van der Waals surface area contributed by atoms with Crippen LogP contribution in [0.4, 0.5) is 13.2 Å². The average molecular weight is 378 g/mol. The van der Waals surface area contributed by atoms with Gasteiger partial charge in [0.05, 0.1) is 5.41 Å². The van der Waals surface area contributed by atoms with Gasteiger partial charge in [-0.05, 0) is 48.6 Å². The maximum absolute atomic E-state index is 14.1. The van der Waals surface area contributed by atoms with E-state index >= 15 is 0 Å². The van der Waals surface area contributed by atoms with E-state index in [4.69, 9.17) is 0 Å². The maximum atomic E-state index is 14.1. The number of nitrogens with zero attached hydrogens (tertiary/aromatic N) is 1. The number of nitrogens with one attached hydrogen (secondary N) is 1. The molecule has 2 aromatic carbocycles. The van der Waals surface area contributed by atoms with Crippen LogP contribution in [0.5, 0.6) is 0 Å². The molecule has 146 valence electrons. The number of benzene rings is 2. The minimum atomic E-state index is -4.50. The molecule has 27 heavy (non-hydrogen) atoms. The number of alkyl halides is 3. The highest BCUT2D eigenvalue weighted by Gasteiger charge is 2.51. The van der Waals surface area contributed by atoms with Gasteiger partial charge in [0, 0.05) is 6.54 Å². The van der Waals surface area contributed by atoms with Crippen LogP contribution in [-0.4, -0.2) is 23.6 Å². The lowest BCUT2D eigenvalue weighted by Crippen LogP contribution is -2.44. The number of aryl methyl sites for hydroxylation is 1. The van der Waals surface area contributed by atoms with Crippen molar-refractivity contribution in [2.45, 2.75) is 52.3 Å². The molecule has 6 heteroatoms. The van der Waals surface area contributed by atoms with E-state index in [1.54, 1.807) is 26.0 Å². The first kappa shape index (κ1) is 19.7. The molecule has 1 N–H and O–H groups in total. The molecule has 1 atom stereocenters. The lowest BCUT2D eigenvalue weighted by Gasteiger charge is -2.31. The number of carbonyl (C=O) groups excluding carboxylic acids is 1. The van der Waals surface area contributed by atoms with Gasteiger partial charge in [-0.3, -0.25) is 10.2 Å². The van der Waals surface area contributed by atoms with Crippen LogP contribution < -0.4 is 5.43 Å². The molecule has 1 fully saturated rings. The molecular formula is C21H25F3N2O. The zero-order valence-corrected chi connectivity index (χ0v) is 15.9. The number of rotatable bonds is 5. The minimum absolute atomic E-state index is 0.00997. The third-order valence-electron chi connectivity index (χ3n) is 5.20. The molecular weight excluding hydrogens is 353 g/mol. The summed E-state index contributed by atoms with van der Waals surface area (Å²) >= 11 is 0. The lowest BCUT2D eigenvalue weighted by atomic mass is 9.89. The van der Waals surface area contributed by atoms with Crippen molar-refractivity contribution in [3.05, 3.63) is 47.5 Å². The van der Waals surface area contributed by atoms with Crippen LogP contribution in [-0.2, 0) is 11.2 Å². The fourth-order valence-electron chi connectivity index (χ4n) is 3.74. The Morgan fingerprint density at radius 2 is 1.89 bits per heavy atom. The first-order valence-electron chi connectivity index (χ1n) is 9.30. The Hall–Kier alpha value is -2.08. The zero-order chi connectivity index (χ0) is 19.8. The standard InChI is InChI=1S/C21H25F3N2O/c1-4-5-9-16-15-10-7-6-8-14(15)11-12-17(16)18(21(22,23)24)26-13-20(2,3)19(27)25-26/h6-8,10-12,18H,4-5,9,13H2,1-3H3,(H,25,27). The van der Waals surface area contributed by atoms with E-state index in [1.807, 2.05) is 31.2 Å². The van der Waals surface area contributed by atoms with Gasteiger partial charge in [-0.1, -0.05) is 49.7 Å². The number of halogens is 3. The quantitative estimate of drug-likeness (QED) is 0.780. The SMILES string of the molecule is CCCCc1c(C(N2CC(C)(C)C(=O)N2)C(F)(F)F)ccc2ccccc12. The van der Waals surface area contributed by atoms with E-state index in [2.05, 4.69) is 5.43 Å². The second kappa shape index (κ2) is 7.15. The monoisotopic (exact) mass is 378 g/mol. The normalized spacial score (nSPS) is 18.7. The Labute approximate surface area is 157 Å². The highest BCUT2D eigenvalue weighted by atomic mass is 19.4. The van der Waals surface area contributed by atoms with Gasteiger partial charge >= 0.3 is 6.18 Å². The van der Waals surface area contributed by atoms with E-state index < -0.39 is 17.6 Å². The molecule has 0 aromatic heterocycles. The van der Waals surface area contributed by atoms with Gasteiger partial charge in [0.15, 0.2) is 0 Å². The van der Waals surface area contributed by atoms with Crippen molar-refractivity contribution in [1.82, 2.24) is 10.4 Å². The molecule has 0 spiro atoms. The molecule has 1 aliphatic heterocycles. The second-order valence-electron chi connectivity index (χ2n) is 7.85. The largest absolute Gasteiger partial charge is 0.409 e. The molecule has 1 unspecified atom stereocenters. The highest BCUT2D eigenvalue weighted by Crippen LogP contribution is 2.43. The van der Waals surface area contributed by atoms with Gasteiger partial charge in [0.25, 0.3) is 0 Å². The third kappa shape index (κ3) is 3.81. The zero-order valence-electron chi connectivity index (χ0n) is 15.9. The van der Waals surface area contributed by atoms with E-state index in [9.17, 15) is 18.0 Å². The van der Waals surface area contributed by atoms with Crippen molar-refractivity contribution in [3.63, 3.8) is 0 Å². The summed E-state index contributed by atoms with van der Waals surface area (Å²) < 4.78 is 42.4. The number of hydrogen-bond acceptors (Lipinski definition) is 2. The number of unbranched alkanes of at least 4 members (excludes halogenated alkanes) is 1. The van der Waals surface area contributed by atoms with Crippen LogP contribution in [0.1, 0.15) is 50.8 Å². The van der Waals surface area contributed by atoms with Crippen LogP contribution >= 0.6 is 0 Å². The predicted molar refractivity (Wildman–Crippen MR) is 100.0 cm³/mol. The number of fused-ring (bicyclic) bond motifs is 1. The van der Waals surface area contributed by atoms with Crippen molar-refractivity contribution in [2.24, 2.45) is 5.41 Å². The van der Waals surface area contributed by atoms with E-state index in [1.165, 1.54) is 0 Å². The smallest absolute Gasteiger partial charge is 0.287 e. The Kier molecular flexibility index (Phi) is 5.21. The molecule has 0 bridgehead atoms. The lowest BCUT2D eigenvalue weighted by molar-refractivity contribution is -0.191.